The molecule has 0 saturated heterocycles. The summed E-state index contributed by atoms with van der Waals surface area (Å²) in [6, 6.07) is 3.92. The van der Waals surface area contributed by atoms with Crippen molar-refractivity contribution in [1.29, 1.82) is 0 Å². The molecule has 108 valence electrons. The first-order valence-electron chi connectivity index (χ1n) is 5.92. The number of ether oxygens (including phenoxy) is 1. The van der Waals surface area contributed by atoms with Crippen molar-refractivity contribution in [2.75, 3.05) is 0 Å². The van der Waals surface area contributed by atoms with Gasteiger partial charge < -0.3 is 10.5 Å². The Morgan fingerprint density at radius 3 is 2.30 bits per heavy atom. The van der Waals surface area contributed by atoms with Crippen molar-refractivity contribution >= 4 is 47.8 Å². The van der Waals surface area contributed by atoms with Crippen molar-refractivity contribution < 1.29 is 4.74 Å². The van der Waals surface area contributed by atoms with Crippen LogP contribution in [0.4, 0.5) is 0 Å². The maximum absolute atomic E-state index is 5.90. The van der Waals surface area contributed by atoms with E-state index in [0.717, 1.165) is 36.1 Å². The molecule has 0 atom stereocenters. The Morgan fingerprint density at radius 2 is 1.85 bits per heavy atom. The van der Waals surface area contributed by atoms with Gasteiger partial charge in [-0.1, -0.05) is 0 Å². The molecular weight excluding hydrogens is 454 g/mol. The van der Waals surface area contributed by atoms with Gasteiger partial charge in [-0.3, -0.25) is 4.68 Å². The molecule has 2 N–H and O–H groups in total. The summed E-state index contributed by atoms with van der Waals surface area (Å²) < 4.78 is 10.4. The number of benzene rings is 1. The summed E-state index contributed by atoms with van der Waals surface area (Å²) in [6.45, 7) is 2.87. The summed E-state index contributed by atoms with van der Waals surface area (Å²) in [4.78, 5) is 0. The van der Waals surface area contributed by atoms with E-state index in [4.69, 9.17) is 10.5 Å². The highest BCUT2D eigenvalue weighted by molar-refractivity contribution is 9.11. The summed E-state index contributed by atoms with van der Waals surface area (Å²) in [7, 11) is 1.90. The zero-order valence-corrected chi connectivity index (χ0v) is 15.8. The number of hydrogen-bond donors (Lipinski definition) is 1. The van der Waals surface area contributed by atoms with E-state index in [1.807, 2.05) is 30.8 Å². The van der Waals surface area contributed by atoms with Crippen LogP contribution >= 0.6 is 47.8 Å². The molecule has 2 aromatic rings. The maximum atomic E-state index is 5.90. The van der Waals surface area contributed by atoms with Crippen LogP contribution in [0.15, 0.2) is 25.6 Å². The first-order valence-corrected chi connectivity index (χ1v) is 8.30. The molecule has 0 saturated carbocycles. The minimum atomic E-state index is 0.428. The number of nitrogens with zero attached hydrogens (tertiary/aromatic N) is 2. The van der Waals surface area contributed by atoms with Gasteiger partial charge in [-0.25, -0.2) is 0 Å². The lowest BCUT2D eigenvalue weighted by molar-refractivity contribution is 0.290. The van der Waals surface area contributed by atoms with E-state index < -0.39 is 0 Å². The predicted octanol–water partition coefficient (Wildman–Crippen LogP) is 4.05. The monoisotopic (exact) mass is 465 g/mol. The summed E-state index contributed by atoms with van der Waals surface area (Å²) in [5, 5.41) is 4.34. The molecule has 0 aliphatic carbocycles. The summed E-state index contributed by atoms with van der Waals surface area (Å²) in [6.07, 6.45) is 0. The van der Waals surface area contributed by atoms with Crippen LogP contribution in [0.25, 0.3) is 0 Å². The Labute approximate surface area is 143 Å². The highest BCUT2D eigenvalue weighted by atomic mass is 79.9. The van der Waals surface area contributed by atoms with E-state index in [9.17, 15) is 0 Å². The van der Waals surface area contributed by atoms with Crippen molar-refractivity contribution in [3.8, 4) is 5.75 Å². The van der Waals surface area contributed by atoms with Crippen LogP contribution in [-0.4, -0.2) is 9.78 Å². The number of aryl methyl sites for hydroxylation is 2. The molecule has 0 spiro atoms. The van der Waals surface area contributed by atoms with Crippen molar-refractivity contribution in [2.24, 2.45) is 12.8 Å². The second-order valence-corrected chi connectivity index (χ2v) is 6.85. The van der Waals surface area contributed by atoms with Crippen LogP contribution in [0, 0.1) is 6.92 Å². The SMILES string of the molecule is Cc1nn(C)c(COc2c(Br)cc(CN)cc2Br)c1Br. The van der Waals surface area contributed by atoms with Crippen LogP contribution in [0.5, 0.6) is 5.75 Å². The summed E-state index contributed by atoms with van der Waals surface area (Å²) in [5.41, 5.74) is 8.62. The van der Waals surface area contributed by atoms with E-state index in [1.165, 1.54) is 0 Å². The van der Waals surface area contributed by atoms with Gasteiger partial charge in [0.1, 0.15) is 12.4 Å². The Balaban J connectivity index is 2.23. The topological polar surface area (TPSA) is 53.1 Å². The third-order valence-electron chi connectivity index (χ3n) is 2.91. The highest BCUT2D eigenvalue weighted by Gasteiger charge is 2.14. The molecule has 1 aromatic heterocycles. The van der Waals surface area contributed by atoms with E-state index in [1.54, 1.807) is 0 Å². The van der Waals surface area contributed by atoms with Crippen LogP contribution in [-0.2, 0) is 20.2 Å². The van der Waals surface area contributed by atoms with Gasteiger partial charge in [0.05, 0.1) is 24.8 Å². The fraction of sp³-hybridized carbons (Fsp3) is 0.308. The largest absolute Gasteiger partial charge is 0.485 e. The van der Waals surface area contributed by atoms with Crippen LogP contribution < -0.4 is 10.5 Å². The lowest BCUT2D eigenvalue weighted by Crippen LogP contribution is -2.05. The Kier molecular flexibility index (Phi) is 5.28. The molecular formula is C13H14Br3N3O. The van der Waals surface area contributed by atoms with Crippen LogP contribution in [0.1, 0.15) is 17.0 Å². The first kappa shape index (κ1) is 16.0. The standard InChI is InChI=1S/C13H14Br3N3O/c1-7-12(16)11(19(2)18-7)6-20-13-9(14)3-8(5-17)4-10(13)15/h3-4H,5-6,17H2,1-2H3. The van der Waals surface area contributed by atoms with Crippen molar-refractivity contribution in [3.05, 3.63) is 42.5 Å². The average molecular weight is 468 g/mol. The molecule has 0 fully saturated rings. The van der Waals surface area contributed by atoms with E-state index in [0.29, 0.717) is 13.2 Å². The number of rotatable bonds is 4. The fourth-order valence-corrected chi connectivity index (χ4v) is 3.81. The Bertz CT molecular complexity index is 617. The minimum Gasteiger partial charge on any atom is -0.485 e. The number of nitrogens with two attached hydrogens (primary N) is 1. The van der Waals surface area contributed by atoms with E-state index in [-0.39, 0.29) is 0 Å². The second-order valence-electron chi connectivity index (χ2n) is 4.35. The van der Waals surface area contributed by atoms with Gasteiger partial charge in [-0.05, 0) is 72.4 Å². The Morgan fingerprint density at radius 1 is 1.25 bits per heavy atom. The van der Waals surface area contributed by atoms with Gasteiger partial charge in [0.2, 0.25) is 0 Å². The van der Waals surface area contributed by atoms with Crippen molar-refractivity contribution in [2.45, 2.75) is 20.1 Å². The molecule has 1 aromatic carbocycles. The second kappa shape index (κ2) is 6.60. The summed E-state index contributed by atoms with van der Waals surface area (Å²) >= 11 is 10.6. The van der Waals surface area contributed by atoms with Crippen molar-refractivity contribution in [3.63, 3.8) is 0 Å². The highest BCUT2D eigenvalue weighted by Crippen LogP contribution is 2.35. The molecule has 0 bridgehead atoms. The molecule has 0 unspecified atom stereocenters. The number of hydrogen-bond acceptors (Lipinski definition) is 3. The molecule has 2 rings (SSSR count). The van der Waals surface area contributed by atoms with Gasteiger partial charge in [-0.2, -0.15) is 5.10 Å². The molecule has 1 heterocycles. The van der Waals surface area contributed by atoms with Crippen molar-refractivity contribution in [1.82, 2.24) is 9.78 Å². The molecule has 0 radical (unpaired) electrons. The third kappa shape index (κ3) is 3.27. The molecule has 0 aliphatic rings. The van der Waals surface area contributed by atoms with Crippen LogP contribution in [0.2, 0.25) is 0 Å². The van der Waals surface area contributed by atoms with Gasteiger partial charge in [0.15, 0.2) is 0 Å². The van der Waals surface area contributed by atoms with Gasteiger partial charge in [0, 0.05) is 13.6 Å². The maximum Gasteiger partial charge on any atom is 0.148 e. The molecule has 0 amide bonds. The summed E-state index contributed by atoms with van der Waals surface area (Å²) in [5.74, 6) is 0.757. The third-order valence-corrected chi connectivity index (χ3v) is 5.12. The quantitative estimate of drug-likeness (QED) is 0.738. The smallest absolute Gasteiger partial charge is 0.148 e. The van der Waals surface area contributed by atoms with E-state index in [2.05, 4.69) is 52.9 Å². The molecule has 20 heavy (non-hydrogen) atoms. The average Bonchev–Trinajstić information content (AvgIpc) is 2.63. The van der Waals surface area contributed by atoms with Crippen LogP contribution in [0.3, 0.4) is 0 Å². The van der Waals surface area contributed by atoms with Gasteiger partial charge >= 0.3 is 0 Å². The lowest BCUT2D eigenvalue weighted by atomic mass is 10.2. The van der Waals surface area contributed by atoms with Gasteiger partial charge in [-0.15, -0.1) is 0 Å². The first-order chi connectivity index (χ1) is 9.43. The molecule has 0 aliphatic heterocycles. The Hall–Kier alpha value is -0.370. The zero-order chi connectivity index (χ0) is 14.9. The number of aromatic nitrogens is 2. The number of halogens is 3. The zero-order valence-electron chi connectivity index (χ0n) is 11.1. The molecule has 7 heteroatoms. The minimum absolute atomic E-state index is 0.428. The predicted molar refractivity (Wildman–Crippen MR) is 89.7 cm³/mol. The molecule has 4 nitrogen and oxygen atoms in total. The fourth-order valence-electron chi connectivity index (χ4n) is 1.85. The van der Waals surface area contributed by atoms with Gasteiger partial charge in [0.25, 0.3) is 0 Å². The lowest BCUT2D eigenvalue weighted by Gasteiger charge is -2.12. The normalized spacial score (nSPS) is 10.9. The van der Waals surface area contributed by atoms with E-state index >= 15 is 0 Å².